The largest absolute Gasteiger partial charge is 0.456 e. The van der Waals surface area contributed by atoms with Crippen LogP contribution in [0.15, 0.2) is 247 Å². The summed E-state index contributed by atoms with van der Waals surface area (Å²) in [6.07, 6.45) is 0. The maximum atomic E-state index is 6.45. The summed E-state index contributed by atoms with van der Waals surface area (Å²) < 4.78 is 8.92. The number of hydrogen-bond donors (Lipinski definition) is 2. The lowest BCUT2D eigenvalue weighted by Gasteiger charge is -2.30. The highest BCUT2D eigenvalue weighted by Gasteiger charge is 2.25. The molecule has 0 aliphatic carbocycles. The van der Waals surface area contributed by atoms with Crippen molar-refractivity contribution >= 4 is 71.0 Å². The number of nitrogens with one attached hydrogen (secondary N) is 2. The molecule has 13 rings (SSSR count). The fourth-order valence-electron chi connectivity index (χ4n) is 10.8. The fraction of sp³-hybridized carbons (Fsp3) is 0.0462. The summed E-state index contributed by atoms with van der Waals surface area (Å²) in [6, 6.07) is 87.7. The number of anilines is 1. The van der Waals surface area contributed by atoms with E-state index in [1.165, 1.54) is 76.8 Å². The van der Waals surface area contributed by atoms with Gasteiger partial charge in [0, 0.05) is 32.9 Å². The molecule has 4 nitrogen and oxygen atoms in total. The number of hydrogen-bond acceptors (Lipinski definition) is 3. The number of para-hydroxylation sites is 2. The summed E-state index contributed by atoms with van der Waals surface area (Å²) >= 11 is 0. The molecule has 328 valence electrons. The van der Waals surface area contributed by atoms with Crippen LogP contribution in [0.4, 0.5) is 5.69 Å². The van der Waals surface area contributed by atoms with E-state index in [9.17, 15) is 0 Å². The molecule has 2 atom stereocenters. The van der Waals surface area contributed by atoms with Gasteiger partial charge in [-0.1, -0.05) is 188 Å². The molecular weight excluding hydrogens is 839 g/mol. The molecule has 0 spiro atoms. The van der Waals surface area contributed by atoms with Crippen LogP contribution in [-0.4, -0.2) is 11.6 Å². The van der Waals surface area contributed by atoms with Crippen LogP contribution in [0.1, 0.15) is 23.2 Å². The molecule has 2 N–H and O–H groups in total. The lowest BCUT2D eigenvalue weighted by molar-refractivity contribution is 0.517. The van der Waals surface area contributed by atoms with Gasteiger partial charge in [0.25, 0.3) is 0 Å². The summed E-state index contributed by atoms with van der Waals surface area (Å²) in [7, 11) is 2.06. The Hall–Kier alpha value is -8.70. The Kier molecular flexibility index (Phi) is 9.92. The molecule has 0 radical (unpaired) electrons. The minimum absolute atomic E-state index is 0.0387. The van der Waals surface area contributed by atoms with Crippen LogP contribution < -0.4 is 10.6 Å². The first-order valence-electron chi connectivity index (χ1n) is 23.8. The van der Waals surface area contributed by atoms with E-state index in [0.29, 0.717) is 0 Å². The van der Waals surface area contributed by atoms with Crippen molar-refractivity contribution in [3.05, 3.63) is 254 Å². The number of benzene rings is 11. The van der Waals surface area contributed by atoms with Crippen molar-refractivity contribution in [1.29, 1.82) is 0 Å². The van der Waals surface area contributed by atoms with Crippen LogP contribution in [0.25, 0.3) is 104 Å². The van der Waals surface area contributed by atoms with Gasteiger partial charge in [0.05, 0.1) is 23.1 Å². The molecule has 0 aliphatic rings. The Balaban J connectivity index is 0.931. The molecule has 4 heteroatoms. The molecule has 0 aliphatic heterocycles. The zero-order chi connectivity index (χ0) is 45.8. The Labute approximate surface area is 400 Å². The third kappa shape index (κ3) is 7.04. The van der Waals surface area contributed by atoms with Gasteiger partial charge in [-0.05, 0) is 128 Å². The average Bonchev–Trinajstić information content (AvgIpc) is 3.97. The number of likely N-dealkylation sites (N-methyl/N-ethyl adjacent to an activating group) is 1. The van der Waals surface area contributed by atoms with Gasteiger partial charge in [0.1, 0.15) is 11.2 Å². The fourth-order valence-corrected chi connectivity index (χ4v) is 10.8. The molecule has 0 saturated carbocycles. The maximum Gasteiger partial charge on any atom is 0.136 e. The van der Waals surface area contributed by atoms with E-state index in [0.717, 1.165) is 44.4 Å². The standard InChI is InChI=1S/C65H47N3O/c1-66-64(47-30-28-45(29-31-47)44-26-24-43(25-27-44)42-14-4-2-5-15-42)65(67-50-17-6-3-7-18-50)48-32-36-51(37-33-48)68-58-39-35-46-16-8-9-19-52(46)62(58)63-56-22-11-10-20-53(56)57(41-59(63)68)49-34-38-55-54-21-12-13-23-60(54)69-61(55)40-49/h2-41,64-67H,1H3. The third-order valence-electron chi connectivity index (χ3n) is 14.2. The third-order valence-corrected chi connectivity index (χ3v) is 14.2. The predicted molar refractivity (Wildman–Crippen MR) is 290 cm³/mol. The van der Waals surface area contributed by atoms with Crippen molar-refractivity contribution in [3.8, 4) is 39.1 Å². The van der Waals surface area contributed by atoms with Crippen LogP contribution in [0, 0.1) is 0 Å². The van der Waals surface area contributed by atoms with Crippen LogP contribution in [-0.2, 0) is 0 Å². The Bertz CT molecular complexity index is 4000. The molecule has 2 heterocycles. The van der Waals surface area contributed by atoms with Crippen molar-refractivity contribution in [2.24, 2.45) is 0 Å². The van der Waals surface area contributed by atoms with E-state index in [1.54, 1.807) is 0 Å². The SMILES string of the molecule is CNC(c1ccc(-c2ccc(-c3ccccc3)cc2)cc1)C(Nc1ccccc1)c1ccc(-n2c3ccc4ccccc4c3c3c4ccccc4c(-c4ccc5c(c4)oc4ccccc45)cc32)cc1. The number of aromatic nitrogens is 1. The number of nitrogens with zero attached hydrogens (tertiary/aromatic N) is 1. The number of furan rings is 1. The van der Waals surface area contributed by atoms with Crippen LogP contribution in [0.5, 0.6) is 0 Å². The predicted octanol–water partition coefficient (Wildman–Crippen LogP) is 17.1. The smallest absolute Gasteiger partial charge is 0.136 e. The summed E-state index contributed by atoms with van der Waals surface area (Å²) in [5.74, 6) is 0. The lowest BCUT2D eigenvalue weighted by Crippen LogP contribution is -2.29. The summed E-state index contributed by atoms with van der Waals surface area (Å²) in [5, 5.41) is 17.3. The monoisotopic (exact) mass is 885 g/mol. The minimum Gasteiger partial charge on any atom is -0.456 e. The second kappa shape index (κ2) is 16.9. The van der Waals surface area contributed by atoms with Gasteiger partial charge < -0.3 is 19.6 Å². The maximum absolute atomic E-state index is 6.45. The van der Waals surface area contributed by atoms with E-state index < -0.39 is 0 Å². The lowest BCUT2D eigenvalue weighted by atomic mass is 9.91. The van der Waals surface area contributed by atoms with Crippen molar-refractivity contribution in [2.75, 3.05) is 12.4 Å². The van der Waals surface area contributed by atoms with Crippen molar-refractivity contribution in [1.82, 2.24) is 9.88 Å². The second-order valence-corrected chi connectivity index (χ2v) is 18.1. The van der Waals surface area contributed by atoms with Crippen molar-refractivity contribution < 1.29 is 4.42 Å². The summed E-state index contributed by atoms with van der Waals surface area (Å²) in [5.41, 5.74) is 15.8. The van der Waals surface area contributed by atoms with Gasteiger partial charge in [0.15, 0.2) is 0 Å². The molecule has 2 aromatic heterocycles. The highest BCUT2D eigenvalue weighted by molar-refractivity contribution is 6.30. The summed E-state index contributed by atoms with van der Waals surface area (Å²) in [6.45, 7) is 0. The molecule has 0 amide bonds. The molecule has 0 bridgehead atoms. The van der Waals surface area contributed by atoms with Gasteiger partial charge in [-0.2, -0.15) is 0 Å². The van der Waals surface area contributed by atoms with Gasteiger partial charge in [0.2, 0.25) is 0 Å². The topological polar surface area (TPSA) is 42.1 Å². The van der Waals surface area contributed by atoms with Crippen LogP contribution in [0.3, 0.4) is 0 Å². The number of fused-ring (bicyclic) bond motifs is 10. The normalized spacial score (nSPS) is 12.7. The first-order valence-corrected chi connectivity index (χ1v) is 23.8. The van der Waals surface area contributed by atoms with E-state index in [1.807, 2.05) is 12.1 Å². The zero-order valence-corrected chi connectivity index (χ0v) is 38.1. The quantitative estimate of drug-likeness (QED) is 0.144. The number of rotatable bonds is 10. The highest BCUT2D eigenvalue weighted by atomic mass is 16.3. The van der Waals surface area contributed by atoms with E-state index in [2.05, 4.69) is 253 Å². The van der Waals surface area contributed by atoms with E-state index >= 15 is 0 Å². The van der Waals surface area contributed by atoms with Gasteiger partial charge in [-0.15, -0.1) is 0 Å². The van der Waals surface area contributed by atoms with Gasteiger partial charge in [-0.25, -0.2) is 0 Å². The van der Waals surface area contributed by atoms with Crippen LogP contribution in [0.2, 0.25) is 0 Å². The molecule has 0 fully saturated rings. The first-order chi connectivity index (χ1) is 34.2. The van der Waals surface area contributed by atoms with Crippen LogP contribution >= 0.6 is 0 Å². The van der Waals surface area contributed by atoms with E-state index in [-0.39, 0.29) is 12.1 Å². The average molecular weight is 886 g/mol. The van der Waals surface area contributed by atoms with Crippen molar-refractivity contribution in [3.63, 3.8) is 0 Å². The molecule has 2 unspecified atom stereocenters. The summed E-state index contributed by atoms with van der Waals surface area (Å²) in [4.78, 5) is 0. The van der Waals surface area contributed by atoms with E-state index in [4.69, 9.17) is 4.42 Å². The Morgan fingerprint density at radius 1 is 0.377 bits per heavy atom. The zero-order valence-electron chi connectivity index (χ0n) is 38.1. The molecule has 13 aromatic rings. The van der Waals surface area contributed by atoms with Gasteiger partial charge in [-0.3, -0.25) is 0 Å². The molecular formula is C65H47N3O. The molecule has 0 saturated heterocycles. The molecule has 11 aromatic carbocycles. The Morgan fingerprint density at radius 3 is 1.64 bits per heavy atom. The first kappa shape index (κ1) is 40.6. The second-order valence-electron chi connectivity index (χ2n) is 18.1. The molecule has 69 heavy (non-hydrogen) atoms. The Morgan fingerprint density at radius 2 is 0.913 bits per heavy atom. The minimum atomic E-state index is -0.0896. The van der Waals surface area contributed by atoms with Gasteiger partial charge >= 0.3 is 0 Å². The highest BCUT2D eigenvalue weighted by Crippen LogP contribution is 2.45. The van der Waals surface area contributed by atoms with Crippen molar-refractivity contribution in [2.45, 2.75) is 12.1 Å².